The Morgan fingerprint density at radius 1 is 1.42 bits per heavy atom. The number of hydrogen-bond acceptors (Lipinski definition) is 5. The minimum Gasteiger partial charge on any atom is -0.399 e. The molecule has 0 aromatic heterocycles. The van der Waals surface area contributed by atoms with Crippen LogP contribution in [0.5, 0.6) is 0 Å². The molecule has 1 rings (SSSR count). The van der Waals surface area contributed by atoms with Gasteiger partial charge in [0.25, 0.3) is 0 Å². The minimum atomic E-state index is -3.54. The van der Waals surface area contributed by atoms with Gasteiger partial charge in [0.1, 0.15) is 4.90 Å². The molecular weight excluding hydrogens is 266 g/mol. The van der Waals surface area contributed by atoms with Crippen LogP contribution < -0.4 is 15.8 Å². The summed E-state index contributed by atoms with van der Waals surface area (Å²) in [5, 5.41) is 3.11. The molecule has 0 bridgehead atoms. The van der Waals surface area contributed by atoms with Gasteiger partial charge in [0.2, 0.25) is 10.0 Å². The molecule has 0 heterocycles. The van der Waals surface area contributed by atoms with Gasteiger partial charge in [-0.15, -0.1) is 0 Å². The van der Waals surface area contributed by atoms with Crippen LogP contribution in [0.3, 0.4) is 0 Å². The van der Waals surface area contributed by atoms with Crippen molar-refractivity contribution in [2.45, 2.75) is 11.8 Å². The van der Waals surface area contributed by atoms with Gasteiger partial charge in [-0.25, -0.2) is 13.1 Å². The molecular formula is C12H21N3O3S. The molecule has 0 aliphatic rings. The van der Waals surface area contributed by atoms with Crippen LogP contribution in [0.4, 0.5) is 11.4 Å². The number of rotatable bonds is 7. The zero-order valence-corrected chi connectivity index (χ0v) is 12.3. The van der Waals surface area contributed by atoms with Crippen LogP contribution in [0.25, 0.3) is 0 Å². The van der Waals surface area contributed by atoms with Crippen molar-refractivity contribution >= 4 is 21.4 Å². The maximum atomic E-state index is 11.9. The van der Waals surface area contributed by atoms with Crippen LogP contribution in [0.1, 0.15) is 6.92 Å². The highest BCUT2D eigenvalue weighted by molar-refractivity contribution is 7.89. The van der Waals surface area contributed by atoms with Gasteiger partial charge < -0.3 is 15.8 Å². The van der Waals surface area contributed by atoms with Crippen molar-refractivity contribution in [1.29, 1.82) is 0 Å². The Balaban J connectivity index is 2.95. The first kappa shape index (κ1) is 15.7. The van der Waals surface area contributed by atoms with Crippen molar-refractivity contribution < 1.29 is 13.2 Å². The van der Waals surface area contributed by atoms with E-state index in [4.69, 9.17) is 10.5 Å². The predicted molar refractivity (Wildman–Crippen MR) is 76.6 cm³/mol. The summed E-state index contributed by atoms with van der Waals surface area (Å²) in [6.45, 7) is 3.24. The van der Waals surface area contributed by atoms with Crippen molar-refractivity contribution in [3.8, 4) is 0 Å². The number of hydrogen-bond donors (Lipinski definition) is 3. The Labute approximate surface area is 114 Å². The Bertz CT molecular complexity index is 517. The smallest absolute Gasteiger partial charge is 0.242 e. The Hall–Kier alpha value is -1.31. The summed E-state index contributed by atoms with van der Waals surface area (Å²) in [5.74, 6) is 0.271. The van der Waals surface area contributed by atoms with Crippen molar-refractivity contribution in [1.82, 2.24) is 4.72 Å². The molecule has 7 heteroatoms. The van der Waals surface area contributed by atoms with Crippen molar-refractivity contribution in [2.24, 2.45) is 5.92 Å². The van der Waals surface area contributed by atoms with Crippen molar-refractivity contribution in [2.75, 3.05) is 38.4 Å². The lowest BCUT2D eigenvalue weighted by atomic mass is 10.2. The summed E-state index contributed by atoms with van der Waals surface area (Å²) in [6, 6.07) is 4.77. The van der Waals surface area contributed by atoms with Gasteiger partial charge in [-0.3, -0.25) is 0 Å². The molecule has 19 heavy (non-hydrogen) atoms. The normalized spacial score (nSPS) is 13.2. The SMILES string of the molecule is CNS(=O)(=O)c1cc(N)ccc1NCC(C)COC. The highest BCUT2D eigenvalue weighted by atomic mass is 32.2. The standard InChI is InChI=1S/C12H21N3O3S/c1-9(8-18-3)7-15-11-5-4-10(13)6-12(11)19(16,17)14-2/h4-6,9,14-15H,7-8,13H2,1-3H3. The second kappa shape index (κ2) is 6.74. The average Bonchev–Trinajstić information content (AvgIpc) is 2.37. The lowest BCUT2D eigenvalue weighted by molar-refractivity contribution is 0.164. The molecule has 0 spiro atoms. The topological polar surface area (TPSA) is 93.5 Å². The first-order valence-corrected chi connectivity index (χ1v) is 7.45. The molecule has 108 valence electrons. The van der Waals surface area contributed by atoms with E-state index < -0.39 is 10.0 Å². The van der Waals surface area contributed by atoms with E-state index in [1.165, 1.54) is 13.1 Å². The largest absolute Gasteiger partial charge is 0.399 e. The molecule has 6 nitrogen and oxygen atoms in total. The summed E-state index contributed by atoms with van der Waals surface area (Å²) in [5.41, 5.74) is 6.58. The van der Waals surface area contributed by atoms with Gasteiger partial charge in [-0.1, -0.05) is 6.92 Å². The lowest BCUT2D eigenvalue weighted by Crippen LogP contribution is -2.22. The molecule has 1 aromatic rings. The number of ether oxygens (including phenoxy) is 1. The monoisotopic (exact) mass is 287 g/mol. The minimum absolute atomic E-state index is 0.152. The van der Waals surface area contributed by atoms with E-state index in [9.17, 15) is 8.42 Å². The number of nitrogen functional groups attached to an aromatic ring is 1. The van der Waals surface area contributed by atoms with E-state index in [1.54, 1.807) is 19.2 Å². The molecule has 0 saturated carbocycles. The molecule has 1 atom stereocenters. The number of methoxy groups -OCH3 is 1. The third kappa shape index (κ3) is 4.38. The highest BCUT2D eigenvalue weighted by Crippen LogP contribution is 2.23. The van der Waals surface area contributed by atoms with Crippen LogP contribution in [-0.4, -0.2) is 35.7 Å². The van der Waals surface area contributed by atoms with E-state index in [0.29, 0.717) is 24.5 Å². The van der Waals surface area contributed by atoms with E-state index in [-0.39, 0.29) is 10.8 Å². The molecule has 0 aliphatic carbocycles. The van der Waals surface area contributed by atoms with E-state index in [0.717, 1.165) is 0 Å². The summed E-state index contributed by atoms with van der Waals surface area (Å²) in [6.07, 6.45) is 0. The number of nitrogens with one attached hydrogen (secondary N) is 2. The molecule has 1 aromatic carbocycles. The third-order valence-electron chi connectivity index (χ3n) is 2.66. The van der Waals surface area contributed by atoms with Crippen LogP contribution >= 0.6 is 0 Å². The van der Waals surface area contributed by atoms with Crippen molar-refractivity contribution in [3.63, 3.8) is 0 Å². The summed E-state index contributed by atoms with van der Waals surface area (Å²) in [7, 11) is -0.529. The molecule has 0 fully saturated rings. The van der Waals surface area contributed by atoms with Gasteiger partial charge in [0, 0.05) is 19.3 Å². The number of benzene rings is 1. The highest BCUT2D eigenvalue weighted by Gasteiger charge is 2.17. The first-order chi connectivity index (χ1) is 8.90. The number of sulfonamides is 1. The lowest BCUT2D eigenvalue weighted by Gasteiger charge is -2.16. The third-order valence-corrected chi connectivity index (χ3v) is 4.11. The molecule has 0 aliphatic heterocycles. The Morgan fingerprint density at radius 3 is 2.68 bits per heavy atom. The molecule has 1 unspecified atom stereocenters. The Morgan fingerprint density at radius 2 is 2.11 bits per heavy atom. The number of nitrogens with two attached hydrogens (primary N) is 1. The zero-order valence-electron chi connectivity index (χ0n) is 11.4. The summed E-state index contributed by atoms with van der Waals surface area (Å²) < 4.78 is 31.2. The fourth-order valence-electron chi connectivity index (χ4n) is 1.64. The molecule has 0 amide bonds. The fourth-order valence-corrected chi connectivity index (χ4v) is 2.59. The maximum absolute atomic E-state index is 11.9. The van der Waals surface area contributed by atoms with Crippen LogP contribution in [0.15, 0.2) is 23.1 Å². The second-order valence-electron chi connectivity index (χ2n) is 4.40. The molecule has 0 radical (unpaired) electrons. The molecule has 4 N–H and O–H groups in total. The van der Waals surface area contributed by atoms with Crippen LogP contribution in [0, 0.1) is 5.92 Å². The van der Waals surface area contributed by atoms with Gasteiger partial charge in [0.15, 0.2) is 0 Å². The van der Waals surface area contributed by atoms with Gasteiger partial charge >= 0.3 is 0 Å². The van der Waals surface area contributed by atoms with Crippen LogP contribution in [-0.2, 0) is 14.8 Å². The average molecular weight is 287 g/mol. The van der Waals surface area contributed by atoms with E-state index >= 15 is 0 Å². The maximum Gasteiger partial charge on any atom is 0.242 e. The fraction of sp³-hybridized carbons (Fsp3) is 0.500. The van der Waals surface area contributed by atoms with E-state index in [1.807, 2.05) is 6.92 Å². The Kier molecular flexibility index (Phi) is 5.59. The first-order valence-electron chi connectivity index (χ1n) is 5.96. The van der Waals surface area contributed by atoms with Gasteiger partial charge in [-0.05, 0) is 31.2 Å². The number of anilines is 2. The second-order valence-corrected chi connectivity index (χ2v) is 6.26. The van der Waals surface area contributed by atoms with E-state index in [2.05, 4.69) is 10.0 Å². The van der Waals surface area contributed by atoms with Gasteiger partial charge in [-0.2, -0.15) is 0 Å². The predicted octanol–water partition coefficient (Wildman–Crippen LogP) is 0.871. The quantitative estimate of drug-likeness (QED) is 0.647. The summed E-state index contributed by atoms with van der Waals surface area (Å²) in [4.78, 5) is 0.152. The summed E-state index contributed by atoms with van der Waals surface area (Å²) >= 11 is 0. The van der Waals surface area contributed by atoms with Crippen molar-refractivity contribution in [3.05, 3.63) is 18.2 Å². The van der Waals surface area contributed by atoms with Gasteiger partial charge in [0.05, 0.1) is 12.3 Å². The zero-order chi connectivity index (χ0) is 14.5. The van der Waals surface area contributed by atoms with Crippen LogP contribution in [0.2, 0.25) is 0 Å². The molecule has 0 saturated heterocycles.